The van der Waals surface area contributed by atoms with Gasteiger partial charge in [-0.05, 0) is 25.1 Å². The summed E-state index contributed by atoms with van der Waals surface area (Å²) < 4.78 is 0. The maximum atomic E-state index is 5.21. The Morgan fingerprint density at radius 3 is 2.60 bits per heavy atom. The molecule has 15 heavy (non-hydrogen) atoms. The minimum Gasteiger partial charge on any atom is -0.307 e. The maximum Gasteiger partial charge on any atom is 0.162 e. The van der Waals surface area contributed by atoms with E-state index in [-0.39, 0.29) is 0 Å². The molecular formula is C11H12N4. The van der Waals surface area contributed by atoms with Crippen molar-refractivity contribution >= 4 is 5.82 Å². The number of hydrogen-bond acceptors (Lipinski definition) is 4. The highest BCUT2D eigenvalue weighted by atomic mass is 15.3. The summed E-state index contributed by atoms with van der Waals surface area (Å²) in [6.45, 7) is 2.05. The highest BCUT2D eigenvalue weighted by Crippen LogP contribution is 2.17. The van der Waals surface area contributed by atoms with E-state index in [9.17, 15) is 0 Å². The summed E-state index contributed by atoms with van der Waals surface area (Å²) >= 11 is 0. The standard InChI is InChI=1S/C11H12N4/c1-8-3-2-4-9(7-8)10-5-6-11(13-12)15-14-10/h2-7H,12H2,1H3,(H,13,15). The average Bonchev–Trinajstić information content (AvgIpc) is 2.29. The van der Waals surface area contributed by atoms with Gasteiger partial charge in [0, 0.05) is 5.56 Å². The number of rotatable bonds is 2. The van der Waals surface area contributed by atoms with Crippen LogP contribution in [0.5, 0.6) is 0 Å². The van der Waals surface area contributed by atoms with Gasteiger partial charge in [-0.3, -0.25) is 0 Å². The molecule has 0 saturated heterocycles. The van der Waals surface area contributed by atoms with Crippen LogP contribution >= 0.6 is 0 Å². The van der Waals surface area contributed by atoms with Crippen LogP contribution in [-0.4, -0.2) is 10.2 Å². The fourth-order valence-electron chi connectivity index (χ4n) is 1.37. The van der Waals surface area contributed by atoms with Crippen molar-refractivity contribution in [1.29, 1.82) is 0 Å². The van der Waals surface area contributed by atoms with E-state index in [1.165, 1.54) is 5.56 Å². The lowest BCUT2D eigenvalue weighted by atomic mass is 10.1. The number of hydrazine groups is 1. The largest absolute Gasteiger partial charge is 0.307 e. The van der Waals surface area contributed by atoms with Gasteiger partial charge in [0.05, 0.1) is 5.69 Å². The second kappa shape index (κ2) is 4.06. The minimum atomic E-state index is 0.561. The van der Waals surface area contributed by atoms with Gasteiger partial charge in [0.1, 0.15) is 0 Å². The summed E-state index contributed by atoms with van der Waals surface area (Å²) in [5.74, 6) is 5.77. The molecule has 0 aliphatic carbocycles. The Hall–Kier alpha value is -1.94. The van der Waals surface area contributed by atoms with Crippen LogP contribution in [0, 0.1) is 6.92 Å². The highest BCUT2D eigenvalue weighted by molar-refractivity contribution is 5.60. The van der Waals surface area contributed by atoms with E-state index in [0.717, 1.165) is 11.3 Å². The van der Waals surface area contributed by atoms with Crippen molar-refractivity contribution in [3.05, 3.63) is 42.0 Å². The molecule has 0 radical (unpaired) electrons. The molecule has 0 atom stereocenters. The van der Waals surface area contributed by atoms with Crippen LogP contribution in [-0.2, 0) is 0 Å². The van der Waals surface area contributed by atoms with Crippen LogP contribution in [0.15, 0.2) is 36.4 Å². The van der Waals surface area contributed by atoms with Gasteiger partial charge in [-0.2, -0.15) is 0 Å². The van der Waals surface area contributed by atoms with E-state index in [4.69, 9.17) is 5.84 Å². The van der Waals surface area contributed by atoms with Gasteiger partial charge in [-0.15, -0.1) is 10.2 Å². The number of hydrogen-bond donors (Lipinski definition) is 2. The molecule has 3 N–H and O–H groups in total. The summed E-state index contributed by atoms with van der Waals surface area (Å²) in [6.07, 6.45) is 0. The summed E-state index contributed by atoms with van der Waals surface area (Å²) in [5, 5.41) is 7.99. The number of nitrogens with two attached hydrogens (primary N) is 1. The number of nitrogen functional groups attached to an aromatic ring is 1. The number of aryl methyl sites for hydroxylation is 1. The molecule has 0 saturated carbocycles. The Labute approximate surface area is 88.1 Å². The maximum absolute atomic E-state index is 5.21. The summed E-state index contributed by atoms with van der Waals surface area (Å²) in [7, 11) is 0. The monoisotopic (exact) mass is 200 g/mol. The van der Waals surface area contributed by atoms with E-state index in [1.807, 2.05) is 31.2 Å². The van der Waals surface area contributed by atoms with E-state index >= 15 is 0 Å². The first-order chi connectivity index (χ1) is 7.29. The minimum absolute atomic E-state index is 0.561. The van der Waals surface area contributed by atoms with E-state index in [2.05, 4.69) is 21.7 Å². The van der Waals surface area contributed by atoms with Crippen LogP contribution in [0.4, 0.5) is 5.82 Å². The molecule has 4 heteroatoms. The van der Waals surface area contributed by atoms with Gasteiger partial charge < -0.3 is 5.43 Å². The zero-order valence-electron chi connectivity index (χ0n) is 8.44. The molecule has 1 heterocycles. The highest BCUT2D eigenvalue weighted by Gasteiger charge is 1.99. The molecule has 1 aromatic heterocycles. The van der Waals surface area contributed by atoms with Crippen LogP contribution in [0.1, 0.15) is 5.56 Å². The Kier molecular flexibility index (Phi) is 2.60. The summed E-state index contributed by atoms with van der Waals surface area (Å²) in [4.78, 5) is 0. The van der Waals surface area contributed by atoms with Crippen LogP contribution in [0.25, 0.3) is 11.3 Å². The van der Waals surface area contributed by atoms with Gasteiger partial charge in [-0.1, -0.05) is 23.8 Å². The Morgan fingerprint density at radius 2 is 2.00 bits per heavy atom. The Bertz CT molecular complexity index is 450. The van der Waals surface area contributed by atoms with E-state index in [1.54, 1.807) is 6.07 Å². The van der Waals surface area contributed by atoms with Crippen molar-refractivity contribution in [2.45, 2.75) is 6.92 Å². The number of benzene rings is 1. The van der Waals surface area contributed by atoms with Gasteiger partial charge in [0.25, 0.3) is 0 Å². The average molecular weight is 200 g/mol. The SMILES string of the molecule is Cc1cccc(-c2ccc(NN)nn2)c1. The van der Waals surface area contributed by atoms with Gasteiger partial charge in [-0.25, -0.2) is 5.84 Å². The van der Waals surface area contributed by atoms with Gasteiger partial charge in [0.15, 0.2) is 5.82 Å². The lowest BCUT2D eigenvalue weighted by molar-refractivity contribution is 1.03. The topological polar surface area (TPSA) is 63.8 Å². The van der Waals surface area contributed by atoms with Crippen LogP contribution in [0.3, 0.4) is 0 Å². The molecule has 0 spiro atoms. The lowest BCUT2D eigenvalue weighted by Gasteiger charge is -2.02. The third-order valence-electron chi connectivity index (χ3n) is 2.13. The van der Waals surface area contributed by atoms with Crippen molar-refractivity contribution in [3.63, 3.8) is 0 Å². The van der Waals surface area contributed by atoms with Crippen LogP contribution in [0.2, 0.25) is 0 Å². The first-order valence-corrected chi connectivity index (χ1v) is 4.67. The van der Waals surface area contributed by atoms with E-state index < -0.39 is 0 Å². The van der Waals surface area contributed by atoms with Crippen molar-refractivity contribution in [1.82, 2.24) is 10.2 Å². The molecule has 0 aliphatic heterocycles. The number of nitrogens with zero attached hydrogens (tertiary/aromatic N) is 2. The third kappa shape index (κ3) is 2.11. The van der Waals surface area contributed by atoms with Crippen molar-refractivity contribution in [2.75, 3.05) is 5.43 Å². The molecular weight excluding hydrogens is 188 g/mol. The number of aromatic nitrogens is 2. The Morgan fingerprint density at radius 1 is 1.13 bits per heavy atom. The van der Waals surface area contributed by atoms with Crippen molar-refractivity contribution < 1.29 is 0 Å². The van der Waals surface area contributed by atoms with Crippen molar-refractivity contribution in [2.24, 2.45) is 5.84 Å². The van der Waals surface area contributed by atoms with E-state index in [0.29, 0.717) is 5.82 Å². The van der Waals surface area contributed by atoms with Gasteiger partial charge >= 0.3 is 0 Å². The number of nitrogens with one attached hydrogen (secondary N) is 1. The second-order valence-electron chi connectivity index (χ2n) is 3.32. The zero-order valence-corrected chi connectivity index (χ0v) is 8.44. The fourth-order valence-corrected chi connectivity index (χ4v) is 1.37. The van der Waals surface area contributed by atoms with Crippen LogP contribution < -0.4 is 11.3 Å². The fraction of sp³-hybridized carbons (Fsp3) is 0.0909. The number of anilines is 1. The third-order valence-corrected chi connectivity index (χ3v) is 2.13. The molecule has 76 valence electrons. The molecule has 2 aromatic rings. The second-order valence-corrected chi connectivity index (χ2v) is 3.32. The first kappa shape index (κ1) is 9.61. The smallest absolute Gasteiger partial charge is 0.162 e. The summed E-state index contributed by atoms with van der Waals surface area (Å²) in [5.41, 5.74) is 5.55. The first-order valence-electron chi connectivity index (χ1n) is 4.67. The molecule has 0 unspecified atom stereocenters. The quantitative estimate of drug-likeness (QED) is 0.572. The normalized spacial score (nSPS) is 10.0. The molecule has 0 fully saturated rings. The molecule has 0 bridgehead atoms. The molecule has 1 aromatic carbocycles. The van der Waals surface area contributed by atoms with Crippen molar-refractivity contribution in [3.8, 4) is 11.3 Å². The molecule has 0 aliphatic rings. The predicted octanol–water partition coefficient (Wildman–Crippen LogP) is 1.74. The predicted molar refractivity (Wildman–Crippen MR) is 60.0 cm³/mol. The molecule has 4 nitrogen and oxygen atoms in total. The van der Waals surface area contributed by atoms with Gasteiger partial charge in [0.2, 0.25) is 0 Å². The molecule has 0 amide bonds. The lowest BCUT2D eigenvalue weighted by Crippen LogP contribution is -2.08. The molecule has 2 rings (SSSR count). The zero-order chi connectivity index (χ0) is 10.7. The Balaban J connectivity index is 2.37. The summed E-state index contributed by atoms with van der Waals surface area (Å²) in [6, 6.07) is 11.8.